The quantitative estimate of drug-likeness (QED) is 0.124. The fourth-order valence-electron chi connectivity index (χ4n) is 3.55. The summed E-state index contributed by atoms with van der Waals surface area (Å²) in [6, 6.07) is 0. The van der Waals surface area contributed by atoms with E-state index in [4.69, 9.17) is 24.1 Å². The molecule has 34 heavy (non-hydrogen) atoms. The summed E-state index contributed by atoms with van der Waals surface area (Å²) in [5.74, 6) is 0. The van der Waals surface area contributed by atoms with Crippen LogP contribution in [0.3, 0.4) is 0 Å². The fourth-order valence-corrected chi connectivity index (χ4v) is 3.55. The smallest absolute Gasteiger partial charge is 0.187 e. The molecular formula is C18H34O16. The molecule has 14 atom stereocenters. The third-order valence-corrected chi connectivity index (χ3v) is 5.72. The minimum atomic E-state index is -1.96. The van der Waals surface area contributed by atoms with E-state index < -0.39 is 112 Å². The van der Waals surface area contributed by atoms with Crippen molar-refractivity contribution < 1.29 is 80.2 Å². The molecule has 2 aliphatic rings. The molecule has 0 radical (unpaired) electrons. The van der Waals surface area contributed by atoms with Gasteiger partial charge < -0.3 is 80.2 Å². The third-order valence-electron chi connectivity index (χ3n) is 5.72. The number of hydrogen-bond acceptors (Lipinski definition) is 16. The van der Waals surface area contributed by atoms with E-state index in [1.165, 1.54) is 0 Å². The van der Waals surface area contributed by atoms with Crippen LogP contribution in [0.2, 0.25) is 0 Å². The average Bonchev–Trinajstić information content (AvgIpc) is 2.84. The van der Waals surface area contributed by atoms with Crippen molar-refractivity contribution in [2.45, 2.75) is 85.8 Å². The Kier molecular flexibility index (Phi) is 11.4. The molecule has 2 heterocycles. The molecule has 0 aliphatic carbocycles. The molecule has 0 saturated carbocycles. The minimum Gasteiger partial charge on any atom is -0.394 e. The van der Waals surface area contributed by atoms with Crippen molar-refractivity contribution in [2.75, 3.05) is 26.4 Å². The molecule has 2 fully saturated rings. The van der Waals surface area contributed by atoms with E-state index in [1.807, 2.05) is 0 Å². The third kappa shape index (κ3) is 6.56. The highest BCUT2D eigenvalue weighted by atomic mass is 16.7. The van der Waals surface area contributed by atoms with Gasteiger partial charge in [-0.15, -0.1) is 0 Å². The first kappa shape index (κ1) is 29.6. The van der Waals surface area contributed by atoms with Crippen LogP contribution in [0.1, 0.15) is 0 Å². The Labute approximate surface area is 193 Å². The number of aliphatic hydroxyl groups excluding tert-OH is 12. The Morgan fingerprint density at radius 1 is 0.618 bits per heavy atom. The van der Waals surface area contributed by atoms with Gasteiger partial charge in [-0.1, -0.05) is 0 Å². The number of rotatable bonds is 11. The van der Waals surface area contributed by atoms with E-state index in [1.54, 1.807) is 0 Å². The van der Waals surface area contributed by atoms with Crippen molar-refractivity contribution in [3.63, 3.8) is 0 Å². The van der Waals surface area contributed by atoms with Gasteiger partial charge in [0.1, 0.15) is 73.2 Å². The summed E-state index contributed by atoms with van der Waals surface area (Å²) in [4.78, 5) is 0. The van der Waals surface area contributed by atoms with Crippen LogP contribution in [0.4, 0.5) is 0 Å². The summed E-state index contributed by atoms with van der Waals surface area (Å²) < 4.78 is 21.0. The van der Waals surface area contributed by atoms with Gasteiger partial charge in [0.05, 0.1) is 26.4 Å². The molecule has 0 bridgehead atoms. The summed E-state index contributed by atoms with van der Waals surface area (Å²) in [6.07, 6.45) is -24.4. The molecule has 202 valence electrons. The van der Waals surface area contributed by atoms with Crippen molar-refractivity contribution in [1.82, 2.24) is 0 Å². The maximum atomic E-state index is 10.2. The van der Waals surface area contributed by atoms with E-state index in [0.29, 0.717) is 0 Å². The van der Waals surface area contributed by atoms with Crippen LogP contribution >= 0.6 is 0 Å². The highest BCUT2D eigenvalue weighted by Gasteiger charge is 2.49. The van der Waals surface area contributed by atoms with E-state index in [0.717, 1.165) is 0 Å². The molecule has 0 spiro atoms. The Morgan fingerprint density at radius 3 is 1.65 bits per heavy atom. The predicted octanol–water partition coefficient (Wildman–Crippen LogP) is -7.94. The van der Waals surface area contributed by atoms with Gasteiger partial charge in [-0.25, -0.2) is 0 Å². The van der Waals surface area contributed by atoms with Crippen LogP contribution < -0.4 is 0 Å². The lowest BCUT2D eigenvalue weighted by Crippen LogP contribution is -2.63. The lowest BCUT2D eigenvalue weighted by atomic mass is 9.98. The SMILES string of the molecule is OC[C@@H](O)[C@H](O)[C@H](O[C@@H]1O[C@H](CO[C@@H]2O[C@H](CO)[C@H](O)[C@H](O)[C@H]2O)[C@@H](O)[C@H](O)[C@H]1O)[C@@H](O)CO. The zero-order chi connectivity index (χ0) is 25.7. The van der Waals surface area contributed by atoms with Crippen molar-refractivity contribution in [3.05, 3.63) is 0 Å². The largest absolute Gasteiger partial charge is 0.394 e. The van der Waals surface area contributed by atoms with E-state index in [2.05, 4.69) is 0 Å². The molecule has 12 N–H and O–H groups in total. The molecule has 16 nitrogen and oxygen atoms in total. The molecule has 0 aromatic rings. The van der Waals surface area contributed by atoms with Gasteiger partial charge in [0.2, 0.25) is 0 Å². The molecule has 0 unspecified atom stereocenters. The highest BCUT2D eigenvalue weighted by molar-refractivity contribution is 4.93. The summed E-state index contributed by atoms with van der Waals surface area (Å²) in [5.41, 5.74) is 0. The van der Waals surface area contributed by atoms with Gasteiger partial charge in [0.25, 0.3) is 0 Å². The number of ether oxygens (including phenoxy) is 4. The first-order valence-corrected chi connectivity index (χ1v) is 10.5. The lowest BCUT2D eigenvalue weighted by Gasteiger charge is -2.44. The van der Waals surface area contributed by atoms with Crippen molar-refractivity contribution in [3.8, 4) is 0 Å². The van der Waals surface area contributed by atoms with E-state index in [-0.39, 0.29) is 0 Å². The Morgan fingerprint density at radius 2 is 1.12 bits per heavy atom. The van der Waals surface area contributed by atoms with Gasteiger partial charge in [-0.05, 0) is 0 Å². The maximum Gasteiger partial charge on any atom is 0.187 e. The van der Waals surface area contributed by atoms with Crippen LogP contribution in [0.5, 0.6) is 0 Å². The van der Waals surface area contributed by atoms with Gasteiger partial charge in [0, 0.05) is 0 Å². The van der Waals surface area contributed by atoms with Gasteiger partial charge >= 0.3 is 0 Å². The lowest BCUT2D eigenvalue weighted by molar-refractivity contribution is -0.344. The summed E-state index contributed by atoms with van der Waals surface area (Å²) in [7, 11) is 0. The second-order valence-electron chi connectivity index (χ2n) is 8.14. The maximum absolute atomic E-state index is 10.2. The van der Waals surface area contributed by atoms with Gasteiger partial charge in [-0.2, -0.15) is 0 Å². The summed E-state index contributed by atoms with van der Waals surface area (Å²) in [6.45, 7) is -3.27. The Hall–Kier alpha value is -0.640. The zero-order valence-corrected chi connectivity index (χ0v) is 17.9. The molecule has 0 aromatic carbocycles. The topological polar surface area (TPSA) is 280 Å². The molecule has 2 rings (SSSR count). The molecule has 16 heteroatoms. The average molecular weight is 506 g/mol. The summed E-state index contributed by atoms with van der Waals surface area (Å²) in [5, 5.41) is 117. The van der Waals surface area contributed by atoms with Crippen molar-refractivity contribution >= 4 is 0 Å². The summed E-state index contributed by atoms with van der Waals surface area (Å²) >= 11 is 0. The molecule has 2 aliphatic heterocycles. The standard InChI is InChI=1S/C18H34O16/c19-1-5(22)9(24)16(6(23)2-20)34-18-15(30)13(28)11(26)8(33-18)4-31-17-14(29)12(27)10(25)7(3-21)32-17/h5-30H,1-4H2/t5-,6+,7-,8-,9+,10+,11-,12+,13+,14-,15-,16-,17-,18+/m1/s1. The van der Waals surface area contributed by atoms with Crippen LogP contribution in [0, 0.1) is 0 Å². The van der Waals surface area contributed by atoms with Gasteiger partial charge in [-0.3, -0.25) is 0 Å². The Bertz CT molecular complexity index is 596. The molecule has 2 saturated heterocycles. The minimum absolute atomic E-state index is 0.650. The van der Waals surface area contributed by atoms with E-state index in [9.17, 15) is 56.2 Å². The molecule has 0 amide bonds. The van der Waals surface area contributed by atoms with E-state index >= 15 is 0 Å². The monoisotopic (exact) mass is 506 g/mol. The first-order chi connectivity index (χ1) is 16.0. The van der Waals surface area contributed by atoms with Crippen molar-refractivity contribution in [2.24, 2.45) is 0 Å². The normalized spacial score (nSPS) is 42.7. The van der Waals surface area contributed by atoms with Crippen LogP contribution in [0.25, 0.3) is 0 Å². The number of hydrogen-bond donors (Lipinski definition) is 12. The van der Waals surface area contributed by atoms with Crippen molar-refractivity contribution in [1.29, 1.82) is 0 Å². The Balaban J connectivity index is 2.10. The number of aliphatic hydroxyl groups is 12. The van der Waals surface area contributed by atoms with Crippen LogP contribution in [0.15, 0.2) is 0 Å². The second-order valence-corrected chi connectivity index (χ2v) is 8.14. The first-order valence-electron chi connectivity index (χ1n) is 10.5. The fraction of sp³-hybridized carbons (Fsp3) is 1.00. The zero-order valence-electron chi connectivity index (χ0n) is 17.9. The van der Waals surface area contributed by atoms with Crippen LogP contribution in [-0.4, -0.2) is 174 Å². The second kappa shape index (κ2) is 13.1. The predicted molar refractivity (Wildman–Crippen MR) is 103 cm³/mol. The molecular weight excluding hydrogens is 472 g/mol. The van der Waals surface area contributed by atoms with Crippen LogP contribution in [-0.2, 0) is 18.9 Å². The van der Waals surface area contributed by atoms with Gasteiger partial charge in [0.15, 0.2) is 12.6 Å². The molecule has 0 aromatic heterocycles. The highest BCUT2D eigenvalue weighted by Crippen LogP contribution is 2.27.